The van der Waals surface area contributed by atoms with E-state index in [1.807, 2.05) is 41.3 Å². The van der Waals surface area contributed by atoms with Crippen molar-refractivity contribution in [2.75, 3.05) is 25.4 Å². The number of likely N-dealkylation sites (tertiary alicyclic amines) is 1. The number of nitrogens with one attached hydrogen (secondary N) is 1. The zero-order chi connectivity index (χ0) is 21.9. The molecule has 1 fully saturated rings. The molecule has 31 heavy (non-hydrogen) atoms. The van der Waals surface area contributed by atoms with Crippen molar-refractivity contribution in [2.45, 2.75) is 25.0 Å². The number of hydrazone groups is 1. The fourth-order valence-electron chi connectivity index (χ4n) is 3.11. The van der Waals surface area contributed by atoms with E-state index in [2.05, 4.69) is 10.5 Å². The second-order valence-electron chi connectivity index (χ2n) is 7.18. The van der Waals surface area contributed by atoms with Crippen LogP contribution in [-0.2, 0) is 15.3 Å². The standard InChI is InChI=1S/C23H26ClN3O3S/c24-21-7-3-2-6-19(21)16-31-17-22(28)26-25-14-18-8-10-20(11-9-18)30-15-23(29)27-12-4-1-5-13-27/h2-3,6-11,14H,1,4-5,12-13,15-17H2,(H,26,28). The quantitative estimate of drug-likeness (QED) is 0.452. The molecule has 2 amide bonds. The van der Waals surface area contributed by atoms with Gasteiger partial charge in [-0.2, -0.15) is 5.10 Å². The van der Waals surface area contributed by atoms with Crippen molar-refractivity contribution in [1.29, 1.82) is 0 Å². The molecule has 0 radical (unpaired) electrons. The minimum Gasteiger partial charge on any atom is -0.484 e. The summed E-state index contributed by atoms with van der Waals surface area (Å²) in [7, 11) is 0. The van der Waals surface area contributed by atoms with E-state index in [0.29, 0.717) is 22.3 Å². The molecule has 2 aromatic rings. The maximum absolute atomic E-state index is 12.1. The van der Waals surface area contributed by atoms with Gasteiger partial charge in [0.25, 0.3) is 5.91 Å². The van der Waals surface area contributed by atoms with Gasteiger partial charge in [0.05, 0.1) is 12.0 Å². The summed E-state index contributed by atoms with van der Waals surface area (Å²) in [6, 6.07) is 14.8. The molecule has 2 aromatic carbocycles. The van der Waals surface area contributed by atoms with Crippen LogP contribution in [0.1, 0.15) is 30.4 Å². The first-order valence-corrected chi connectivity index (χ1v) is 11.8. The number of thioether (sulfide) groups is 1. The van der Waals surface area contributed by atoms with Gasteiger partial charge in [0.15, 0.2) is 6.61 Å². The summed E-state index contributed by atoms with van der Waals surface area (Å²) in [5.74, 6) is 1.44. The Kier molecular flexibility index (Phi) is 9.24. The van der Waals surface area contributed by atoms with Gasteiger partial charge in [-0.05, 0) is 60.7 Å². The highest BCUT2D eigenvalue weighted by Gasteiger charge is 2.16. The number of carbonyl (C=O) groups is 2. The van der Waals surface area contributed by atoms with E-state index in [-0.39, 0.29) is 18.4 Å². The van der Waals surface area contributed by atoms with Crippen molar-refractivity contribution in [3.8, 4) is 5.75 Å². The maximum Gasteiger partial charge on any atom is 0.260 e. The van der Waals surface area contributed by atoms with E-state index in [4.69, 9.17) is 16.3 Å². The molecule has 8 heteroatoms. The normalized spacial score (nSPS) is 13.9. The number of amides is 2. The summed E-state index contributed by atoms with van der Waals surface area (Å²) in [5.41, 5.74) is 4.34. The predicted molar refractivity (Wildman–Crippen MR) is 126 cm³/mol. The molecule has 1 aliphatic rings. The van der Waals surface area contributed by atoms with Gasteiger partial charge in [0.1, 0.15) is 5.75 Å². The fourth-order valence-corrected chi connectivity index (χ4v) is 4.22. The number of piperidine rings is 1. The Hall–Kier alpha value is -2.51. The lowest BCUT2D eigenvalue weighted by Gasteiger charge is -2.26. The van der Waals surface area contributed by atoms with E-state index >= 15 is 0 Å². The number of halogens is 1. The van der Waals surface area contributed by atoms with Crippen molar-refractivity contribution >= 4 is 41.4 Å². The molecule has 164 valence electrons. The molecule has 3 rings (SSSR count). The number of benzene rings is 2. The van der Waals surface area contributed by atoms with Gasteiger partial charge in [0.2, 0.25) is 5.91 Å². The van der Waals surface area contributed by atoms with Crippen LogP contribution in [-0.4, -0.2) is 48.4 Å². The molecule has 1 heterocycles. The molecular formula is C23H26ClN3O3S. The minimum absolute atomic E-state index is 0.0282. The third-order valence-electron chi connectivity index (χ3n) is 4.80. The van der Waals surface area contributed by atoms with Crippen molar-refractivity contribution < 1.29 is 14.3 Å². The zero-order valence-electron chi connectivity index (χ0n) is 17.3. The fraction of sp³-hybridized carbons (Fsp3) is 0.348. The third-order valence-corrected chi connectivity index (χ3v) is 6.15. The molecule has 0 bridgehead atoms. The van der Waals surface area contributed by atoms with Crippen LogP contribution in [0.2, 0.25) is 5.02 Å². The first kappa shape index (κ1) is 23.2. The Morgan fingerprint density at radius 1 is 1.10 bits per heavy atom. The lowest BCUT2D eigenvalue weighted by Crippen LogP contribution is -2.38. The molecule has 1 aliphatic heterocycles. The summed E-state index contributed by atoms with van der Waals surface area (Å²) >= 11 is 7.58. The summed E-state index contributed by atoms with van der Waals surface area (Å²) in [4.78, 5) is 25.9. The van der Waals surface area contributed by atoms with Crippen molar-refractivity contribution in [3.05, 3.63) is 64.7 Å². The van der Waals surface area contributed by atoms with Crippen LogP contribution in [0.3, 0.4) is 0 Å². The van der Waals surface area contributed by atoms with Crippen LogP contribution in [0, 0.1) is 0 Å². The molecule has 6 nitrogen and oxygen atoms in total. The Morgan fingerprint density at radius 3 is 2.58 bits per heavy atom. The maximum atomic E-state index is 12.1. The van der Waals surface area contributed by atoms with Gasteiger partial charge in [-0.1, -0.05) is 29.8 Å². The van der Waals surface area contributed by atoms with Gasteiger partial charge in [-0.3, -0.25) is 9.59 Å². The van der Waals surface area contributed by atoms with E-state index in [9.17, 15) is 9.59 Å². The monoisotopic (exact) mass is 459 g/mol. The number of ether oxygens (including phenoxy) is 1. The van der Waals surface area contributed by atoms with E-state index in [0.717, 1.165) is 37.1 Å². The SMILES string of the molecule is O=C(CSCc1ccccc1Cl)NN=Cc1ccc(OCC(=O)N2CCCCC2)cc1. The predicted octanol–water partition coefficient (Wildman–Crippen LogP) is 4.11. The smallest absolute Gasteiger partial charge is 0.260 e. The second-order valence-corrected chi connectivity index (χ2v) is 8.57. The van der Waals surface area contributed by atoms with Crippen LogP contribution in [0.15, 0.2) is 53.6 Å². The summed E-state index contributed by atoms with van der Waals surface area (Å²) in [5, 5.41) is 4.69. The van der Waals surface area contributed by atoms with Crippen LogP contribution >= 0.6 is 23.4 Å². The number of hydrogen-bond acceptors (Lipinski definition) is 5. The third kappa shape index (κ3) is 7.92. The van der Waals surface area contributed by atoms with Gasteiger partial charge in [0, 0.05) is 23.9 Å². The number of hydrogen-bond donors (Lipinski definition) is 1. The summed E-state index contributed by atoms with van der Waals surface area (Å²) in [6.45, 7) is 1.69. The molecule has 0 atom stereocenters. The van der Waals surface area contributed by atoms with E-state index in [1.54, 1.807) is 18.3 Å². The van der Waals surface area contributed by atoms with Crippen LogP contribution in [0.5, 0.6) is 5.75 Å². The highest BCUT2D eigenvalue weighted by atomic mass is 35.5. The Morgan fingerprint density at radius 2 is 1.84 bits per heavy atom. The largest absolute Gasteiger partial charge is 0.484 e. The molecular weight excluding hydrogens is 434 g/mol. The van der Waals surface area contributed by atoms with E-state index < -0.39 is 0 Å². The topological polar surface area (TPSA) is 71.0 Å². The van der Waals surface area contributed by atoms with Gasteiger partial charge in [-0.15, -0.1) is 11.8 Å². The molecule has 0 aromatic heterocycles. The zero-order valence-corrected chi connectivity index (χ0v) is 18.8. The first-order valence-electron chi connectivity index (χ1n) is 10.3. The van der Waals surface area contributed by atoms with Gasteiger partial charge >= 0.3 is 0 Å². The van der Waals surface area contributed by atoms with Crippen molar-refractivity contribution in [3.63, 3.8) is 0 Å². The highest BCUT2D eigenvalue weighted by Crippen LogP contribution is 2.20. The lowest BCUT2D eigenvalue weighted by atomic mass is 10.1. The number of carbonyl (C=O) groups excluding carboxylic acids is 2. The van der Waals surface area contributed by atoms with Crippen LogP contribution in [0.25, 0.3) is 0 Å². The minimum atomic E-state index is -0.176. The van der Waals surface area contributed by atoms with E-state index in [1.165, 1.54) is 18.2 Å². The Balaban J connectivity index is 1.35. The average molecular weight is 460 g/mol. The van der Waals surface area contributed by atoms with Gasteiger partial charge in [-0.25, -0.2) is 5.43 Å². The summed E-state index contributed by atoms with van der Waals surface area (Å²) in [6.07, 6.45) is 4.89. The van der Waals surface area contributed by atoms with Crippen LogP contribution < -0.4 is 10.2 Å². The molecule has 0 aliphatic carbocycles. The van der Waals surface area contributed by atoms with Gasteiger partial charge < -0.3 is 9.64 Å². The highest BCUT2D eigenvalue weighted by molar-refractivity contribution is 7.99. The lowest BCUT2D eigenvalue weighted by molar-refractivity contribution is -0.134. The molecule has 0 unspecified atom stereocenters. The summed E-state index contributed by atoms with van der Waals surface area (Å²) < 4.78 is 5.59. The van der Waals surface area contributed by atoms with Crippen molar-refractivity contribution in [1.82, 2.24) is 10.3 Å². The second kappa shape index (κ2) is 12.4. The van der Waals surface area contributed by atoms with Crippen LogP contribution in [0.4, 0.5) is 0 Å². The number of nitrogens with zero attached hydrogens (tertiary/aromatic N) is 2. The molecule has 0 saturated carbocycles. The van der Waals surface area contributed by atoms with Crippen molar-refractivity contribution in [2.24, 2.45) is 5.10 Å². The molecule has 1 N–H and O–H groups in total. The Labute approximate surface area is 192 Å². The first-order chi connectivity index (χ1) is 15.1. The molecule has 0 spiro atoms. The number of rotatable bonds is 9. The Bertz CT molecular complexity index is 899. The molecule has 1 saturated heterocycles. The average Bonchev–Trinajstić information content (AvgIpc) is 2.80.